The quantitative estimate of drug-likeness (QED) is 0.840. The van der Waals surface area contributed by atoms with Crippen LogP contribution in [0.2, 0.25) is 5.15 Å². The number of nitrogens with one attached hydrogen (secondary N) is 1. The molecule has 2 aromatic heterocycles. The van der Waals surface area contributed by atoms with E-state index in [0.29, 0.717) is 16.7 Å². The first-order valence-corrected chi connectivity index (χ1v) is 8.20. The third-order valence-electron chi connectivity index (χ3n) is 4.08. The Hall–Kier alpha value is -1.66. The molecule has 0 aromatic carbocycles. The van der Waals surface area contributed by atoms with Crippen LogP contribution in [0.25, 0.3) is 11.2 Å². The maximum Gasteiger partial charge on any atom is 0.229 e. The van der Waals surface area contributed by atoms with Crippen molar-refractivity contribution in [2.45, 2.75) is 58.1 Å². The molecular weight excluding hydrogens is 316 g/mol. The van der Waals surface area contributed by atoms with E-state index in [-0.39, 0.29) is 18.4 Å². The summed E-state index contributed by atoms with van der Waals surface area (Å²) in [6.07, 6.45) is 3.23. The fourth-order valence-corrected chi connectivity index (χ4v) is 2.87. The normalized spacial score (nSPS) is 15.7. The van der Waals surface area contributed by atoms with Crippen LogP contribution in [0.4, 0.5) is 5.95 Å². The van der Waals surface area contributed by atoms with E-state index in [1.54, 1.807) is 13.8 Å². The van der Waals surface area contributed by atoms with Gasteiger partial charge in [-0.25, -0.2) is 9.97 Å². The van der Waals surface area contributed by atoms with Crippen LogP contribution in [0.15, 0.2) is 6.07 Å². The van der Waals surface area contributed by atoms with E-state index in [4.69, 9.17) is 11.6 Å². The number of aromatic nitrogens is 3. The van der Waals surface area contributed by atoms with Crippen LogP contribution in [0.3, 0.4) is 0 Å². The zero-order valence-corrected chi connectivity index (χ0v) is 14.3. The van der Waals surface area contributed by atoms with Crippen LogP contribution in [0, 0.1) is 6.92 Å². The summed E-state index contributed by atoms with van der Waals surface area (Å²) in [5.41, 5.74) is 1.21. The second-order valence-electron chi connectivity index (χ2n) is 6.87. The van der Waals surface area contributed by atoms with Crippen molar-refractivity contribution in [1.82, 2.24) is 14.5 Å². The molecule has 0 atom stereocenters. The monoisotopic (exact) mass is 336 g/mol. The van der Waals surface area contributed by atoms with E-state index < -0.39 is 5.60 Å². The Labute approximate surface area is 139 Å². The standard InChI is InChI=1S/C16H21ClN4O2/c1-9-7-11-14(20-13(9)17)21(10-5-4-6-10)15(18-11)19-12(22)8-16(2,3)23/h7,10,23H,4-6,8H2,1-3H3,(H,18,19,22). The van der Waals surface area contributed by atoms with Gasteiger partial charge in [0, 0.05) is 6.04 Å². The predicted molar refractivity (Wildman–Crippen MR) is 89.7 cm³/mol. The Bertz CT molecular complexity index is 760. The molecule has 1 fully saturated rings. The van der Waals surface area contributed by atoms with Gasteiger partial charge < -0.3 is 5.11 Å². The van der Waals surface area contributed by atoms with Crippen molar-refractivity contribution in [3.05, 3.63) is 16.8 Å². The second kappa shape index (κ2) is 5.76. The molecular formula is C16H21ClN4O2. The minimum Gasteiger partial charge on any atom is -0.390 e. The summed E-state index contributed by atoms with van der Waals surface area (Å²) in [5.74, 6) is 0.212. The molecule has 1 amide bonds. The Morgan fingerprint density at radius 2 is 2.17 bits per heavy atom. The Morgan fingerprint density at radius 3 is 2.74 bits per heavy atom. The maximum absolute atomic E-state index is 12.1. The van der Waals surface area contributed by atoms with E-state index >= 15 is 0 Å². The van der Waals surface area contributed by atoms with E-state index in [0.717, 1.165) is 30.3 Å². The van der Waals surface area contributed by atoms with Gasteiger partial charge in [0.05, 0.1) is 12.0 Å². The highest BCUT2D eigenvalue weighted by atomic mass is 35.5. The molecule has 2 heterocycles. The summed E-state index contributed by atoms with van der Waals surface area (Å²) >= 11 is 6.16. The number of anilines is 1. The molecule has 0 spiro atoms. The van der Waals surface area contributed by atoms with Crippen molar-refractivity contribution in [2.75, 3.05) is 5.32 Å². The zero-order chi connectivity index (χ0) is 16.8. The Balaban J connectivity index is 2.00. The van der Waals surface area contributed by atoms with Crippen molar-refractivity contribution >= 4 is 34.6 Å². The van der Waals surface area contributed by atoms with Crippen molar-refractivity contribution in [1.29, 1.82) is 0 Å². The van der Waals surface area contributed by atoms with Gasteiger partial charge in [0.2, 0.25) is 11.9 Å². The molecule has 6 nitrogen and oxygen atoms in total. The second-order valence-corrected chi connectivity index (χ2v) is 7.22. The number of pyridine rings is 1. The summed E-state index contributed by atoms with van der Waals surface area (Å²) in [6.45, 7) is 5.09. The molecule has 0 saturated heterocycles. The summed E-state index contributed by atoms with van der Waals surface area (Å²) in [4.78, 5) is 21.1. The summed E-state index contributed by atoms with van der Waals surface area (Å²) in [5, 5.41) is 13.1. The number of rotatable bonds is 4. The highest BCUT2D eigenvalue weighted by Crippen LogP contribution is 2.37. The van der Waals surface area contributed by atoms with Crippen molar-refractivity contribution in [3.8, 4) is 0 Å². The van der Waals surface area contributed by atoms with Gasteiger partial charge in [-0.2, -0.15) is 0 Å². The SMILES string of the molecule is Cc1cc2nc(NC(=O)CC(C)(C)O)n(C3CCC3)c2nc1Cl. The Morgan fingerprint density at radius 1 is 1.48 bits per heavy atom. The summed E-state index contributed by atoms with van der Waals surface area (Å²) in [6, 6.07) is 2.16. The average Bonchev–Trinajstić information content (AvgIpc) is 2.64. The first-order chi connectivity index (χ1) is 10.7. The molecule has 1 aliphatic carbocycles. The number of imidazole rings is 1. The number of aliphatic hydroxyl groups is 1. The molecule has 0 bridgehead atoms. The minimum absolute atomic E-state index is 0.00802. The molecule has 124 valence electrons. The van der Waals surface area contributed by atoms with Crippen LogP contribution < -0.4 is 5.32 Å². The van der Waals surface area contributed by atoms with Gasteiger partial charge in [0.1, 0.15) is 10.7 Å². The molecule has 3 rings (SSSR count). The average molecular weight is 337 g/mol. The fraction of sp³-hybridized carbons (Fsp3) is 0.562. The van der Waals surface area contributed by atoms with Crippen molar-refractivity contribution in [2.24, 2.45) is 0 Å². The number of nitrogens with zero attached hydrogens (tertiary/aromatic N) is 3. The van der Waals surface area contributed by atoms with Crippen molar-refractivity contribution < 1.29 is 9.90 Å². The summed E-state index contributed by atoms with van der Waals surface area (Å²) in [7, 11) is 0. The summed E-state index contributed by atoms with van der Waals surface area (Å²) < 4.78 is 1.96. The van der Waals surface area contributed by atoms with E-state index in [2.05, 4.69) is 15.3 Å². The Kier molecular flexibility index (Phi) is 4.06. The largest absolute Gasteiger partial charge is 0.390 e. The van der Waals surface area contributed by atoms with Gasteiger partial charge in [0.15, 0.2) is 5.65 Å². The van der Waals surface area contributed by atoms with Gasteiger partial charge >= 0.3 is 0 Å². The number of aryl methyl sites for hydroxylation is 1. The molecule has 1 saturated carbocycles. The number of hydrogen-bond donors (Lipinski definition) is 2. The zero-order valence-electron chi connectivity index (χ0n) is 13.6. The minimum atomic E-state index is -1.06. The maximum atomic E-state index is 12.1. The number of amides is 1. The van der Waals surface area contributed by atoms with Gasteiger partial charge in [-0.1, -0.05) is 11.6 Å². The molecule has 2 aromatic rings. The lowest BCUT2D eigenvalue weighted by Crippen LogP contribution is -2.29. The van der Waals surface area contributed by atoms with Gasteiger partial charge in [-0.15, -0.1) is 0 Å². The van der Waals surface area contributed by atoms with Crippen LogP contribution in [-0.2, 0) is 4.79 Å². The first-order valence-electron chi connectivity index (χ1n) is 7.82. The molecule has 7 heteroatoms. The molecule has 23 heavy (non-hydrogen) atoms. The van der Waals surface area contributed by atoms with Gasteiger partial charge in [0.25, 0.3) is 0 Å². The third-order valence-corrected chi connectivity index (χ3v) is 4.46. The molecule has 0 aliphatic heterocycles. The van der Waals surface area contributed by atoms with E-state index in [1.165, 1.54) is 0 Å². The number of hydrogen-bond acceptors (Lipinski definition) is 4. The molecule has 0 radical (unpaired) electrons. The van der Waals surface area contributed by atoms with Gasteiger partial charge in [-0.3, -0.25) is 14.7 Å². The lowest BCUT2D eigenvalue weighted by atomic mass is 9.93. The molecule has 0 unspecified atom stereocenters. The van der Waals surface area contributed by atoms with Crippen molar-refractivity contribution in [3.63, 3.8) is 0 Å². The highest BCUT2D eigenvalue weighted by Gasteiger charge is 2.27. The van der Waals surface area contributed by atoms with Crippen LogP contribution in [0.5, 0.6) is 0 Å². The van der Waals surface area contributed by atoms with E-state index in [1.807, 2.05) is 17.6 Å². The first kappa shape index (κ1) is 16.2. The third kappa shape index (κ3) is 3.33. The van der Waals surface area contributed by atoms with Crippen LogP contribution in [0.1, 0.15) is 51.1 Å². The number of fused-ring (bicyclic) bond motifs is 1. The number of carbonyl (C=O) groups is 1. The van der Waals surface area contributed by atoms with E-state index in [9.17, 15) is 9.90 Å². The molecule has 1 aliphatic rings. The molecule has 2 N–H and O–H groups in total. The number of halogens is 1. The van der Waals surface area contributed by atoms with Crippen LogP contribution in [-0.4, -0.2) is 31.1 Å². The van der Waals surface area contributed by atoms with Crippen LogP contribution >= 0.6 is 11.6 Å². The number of carbonyl (C=O) groups excluding carboxylic acids is 1. The lowest BCUT2D eigenvalue weighted by Gasteiger charge is -2.28. The lowest BCUT2D eigenvalue weighted by molar-refractivity contribution is -0.119. The topological polar surface area (TPSA) is 80.0 Å². The van der Waals surface area contributed by atoms with Gasteiger partial charge in [-0.05, 0) is 51.7 Å². The predicted octanol–water partition coefficient (Wildman–Crippen LogP) is 3.22. The highest BCUT2D eigenvalue weighted by molar-refractivity contribution is 6.30. The smallest absolute Gasteiger partial charge is 0.229 e. The fourth-order valence-electron chi connectivity index (χ4n) is 2.74.